The van der Waals surface area contributed by atoms with E-state index in [9.17, 15) is 19.1 Å². The molecule has 1 amide bonds. The molecule has 0 radical (unpaired) electrons. The third kappa shape index (κ3) is 6.14. The summed E-state index contributed by atoms with van der Waals surface area (Å²) < 4.78 is 19.3. The summed E-state index contributed by atoms with van der Waals surface area (Å²) in [6, 6.07) is 4.50. The second-order valence-corrected chi connectivity index (χ2v) is 9.43. The van der Waals surface area contributed by atoms with E-state index in [1.807, 2.05) is 0 Å². The highest BCUT2D eigenvalue weighted by Crippen LogP contribution is 2.49. The highest BCUT2D eigenvalue weighted by atomic mass is 19.1. The van der Waals surface area contributed by atoms with Crippen LogP contribution in [-0.2, 0) is 32.6 Å². The van der Waals surface area contributed by atoms with E-state index >= 15 is 0 Å². The predicted molar refractivity (Wildman–Crippen MR) is 129 cm³/mol. The molecule has 1 aliphatic carbocycles. The first-order valence-electron chi connectivity index (χ1n) is 12.4. The van der Waals surface area contributed by atoms with Crippen LogP contribution >= 0.6 is 0 Å². The number of aryl methyl sites for hydroxylation is 3. The van der Waals surface area contributed by atoms with E-state index in [0.717, 1.165) is 56.4 Å². The Labute approximate surface area is 204 Å². The van der Waals surface area contributed by atoms with E-state index in [1.54, 1.807) is 6.92 Å². The van der Waals surface area contributed by atoms with Gasteiger partial charge in [0, 0.05) is 37.6 Å². The molecule has 0 aromatic carbocycles. The number of pyridine rings is 2. The molecule has 0 unspecified atom stereocenters. The zero-order valence-corrected chi connectivity index (χ0v) is 20.1. The lowest BCUT2D eigenvalue weighted by molar-refractivity contribution is -0.142. The van der Waals surface area contributed by atoms with Crippen LogP contribution in [0.4, 0.5) is 10.2 Å². The molecule has 1 aliphatic heterocycles. The average molecular weight is 485 g/mol. The van der Waals surface area contributed by atoms with Gasteiger partial charge in [-0.05, 0) is 75.1 Å². The Morgan fingerprint density at radius 2 is 2.11 bits per heavy atom. The fourth-order valence-electron chi connectivity index (χ4n) is 4.61. The summed E-state index contributed by atoms with van der Waals surface area (Å²) in [6.07, 6.45) is 7.21. The van der Waals surface area contributed by atoms with E-state index in [2.05, 4.69) is 27.8 Å². The number of hydrogen-bond acceptors (Lipinski definition) is 6. The van der Waals surface area contributed by atoms with Crippen LogP contribution in [0.3, 0.4) is 0 Å². The number of ether oxygens (including phenoxy) is 1. The van der Waals surface area contributed by atoms with Gasteiger partial charge in [-0.15, -0.1) is 0 Å². The van der Waals surface area contributed by atoms with Crippen molar-refractivity contribution in [3.63, 3.8) is 0 Å². The number of aliphatic carboxylic acids is 1. The van der Waals surface area contributed by atoms with Crippen molar-refractivity contribution in [1.29, 1.82) is 0 Å². The minimum absolute atomic E-state index is 0.162. The molecule has 3 N–H and O–H groups in total. The molecule has 188 valence electrons. The molecule has 0 spiro atoms. The van der Waals surface area contributed by atoms with Crippen LogP contribution in [0.5, 0.6) is 0 Å². The molecule has 1 saturated carbocycles. The number of halogens is 1. The maximum atomic E-state index is 13.7. The predicted octanol–water partition coefficient (Wildman–Crippen LogP) is 3.31. The van der Waals surface area contributed by atoms with E-state index in [0.29, 0.717) is 30.7 Å². The first-order valence-corrected chi connectivity index (χ1v) is 12.4. The smallest absolute Gasteiger partial charge is 0.326 e. The van der Waals surface area contributed by atoms with E-state index < -0.39 is 29.2 Å². The zero-order chi connectivity index (χ0) is 24.8. The minimum atomic E-state index is -1.11. The van der Waals surface area contributed by atoms with Crippen LogP contribution in [0.25, 0.3) is 0 Å². The van der Waals surface area contributed by atoms with Crippen molar-refractivity contribution in [1.82, 2.24) is 15.3 Å². The first kappa shape index (κ1) is 25.0. The molecule has 35 heavy (non-hydrogen) atoms. The molecule has 0 bridgehead atoms. The van der Waals surface area contributed by atoms with Gasteiger partial charge in [0.1, 0.15) is 17.7 Å². The van der Waals surface area contributed by atoms with E-state index in [-0.39, 0.29) is 13.0 Å². The van der Waals surface area contributed by atoms with Crippen molar-refractivity contribution >= 4 is 17.7 Å². The lowest BCUT2D eigenvalue weighted by Crippen LogP contribution is -2.46. The number of rotatable bonds is 12. The zero-order valence-electron chi connectivity index (χ0n) is 20.1. The normalized spacial score (nSPS) is 16.6. The maximum absolute atomic E-state index is 13.7. The van der Waals surface area contributed by atoms with Crippen molar-refractivity contribution in [2.24, 2.45) is 0 Å². The number of fused-ring (bicyclic) bond motifs is 1. The van der Waals surface area contributed by atoms with Crippen LogP contribution in [0.15, 0.2) is 24.4 Å². The van der Waals surface area contributed by atoms with Gasteiger partial charge < -0.3 is 20.5 Å². The number of carbonyl (C=O) groups excluding carboxylic acids is 1. The lowest BCUT2D eigenvalue weighted by Gasteiger charge is -2.21. The highest BCUT2D eigenvalue weighted by Gasteiger charge is 2.53. The third-order valence-electron chi connectivity index (χ3n) is 6.83. The monoisotopic (exact) mass is 484 g/mol. The molecule has 2 aromatic heterocycles. The molecule has 4 rings (SSSR count). The van der Waals surface area contributed by atoms with Gasteiger partial charge in [-0.2, -0.15) is 0 Å². The number of nitrogens with zero attached hydrogens (tertiary/aromatic N) is 2. The van der Waals surface area contributed by atoms with Crippen molar-refractivity contribution in [2.45, 2.75) is 69.7 Å². The maximum Gasteiger partial charge on any atom is 0.326 e. The Balaban J connectivity index is 1.18. The summed E-state index contributed by atoms with van der Waals surface area (Å²) in [6.45, 7) is 3.44. The van der Waals surface area contributed by atoms with Crippen LogP contribution < -0.4 is 10.6 Å². The largest absolute Gasteiger partial charge is 0.480 e. The number of anilines is 1. The summed E-state index contributed by atoms with van der Waals surface area (Å²) in [5.74, 6) is -1.01. The number of carboxylic acid groups (broad SMARTS) is 1. The summed E-state index contributed by atoms with van der Waals surface area (Å²) in [5.41, 5.74) is 2.55. The van der Waals surface area contributed by atoms with Gasteiger partial charge in [0.25, 0.3) is 0 Å². The molecule has 1 atom stereocenters. The average Bonchev–Trinajstić information content (AvgIpc) is 3.66. The first-order chi connectivity index (χ1) is 16.9. The molecular weight excluding hydrogens is 451 g/mol. The van der Waals surface area contributed by atoms with E-state index in [1.165, 1.54) is 11.6 Å². The molecule has 0 saturated heterocycles. The van der Waals surface area contributed by atoms with Crippen LogP contribution in [0.1, 0.15) is 61.0 Å². The van der Waals surface area contributed by atoms with Gasteiger partial charge in [0.15, 0.2) is 0 Å². The number of hydrogen-bond donors (Lipinski definition) is 3. The summed E-state index contributed by atoms with van der Waals surface area (Å²) in [4.78, 5) is 33.3. The van der Waals surface area contributed by atoms with Gasteiger partial charge in [0.2, 0.25) is 5.91 Å². The Morgan fingerprint density at radius 1 is 1.29 bits per heavy atom. The summed E-state index contributed by atoms with van der Waals surface area (Å²) in [5, 5.41) is 15.6. The SMILES string of the molecule is Cc1ncc(F)cc1C1(C(=O)N[C@@H](CCOCCCCc2ccc3c(n2)NCCC3)C(=O)O)CC1. The second-order valence-electron chi connectivity index (χ2n) is 9.43. The summed E-state index contributed by atoms with van der Waals surface area (Å²) in [7, 11) is 0. The molecular formula is C26H33FN4O4. The Morgan fingerprint density at radius 3 is 2.89 bits per heavy atom. The molecule has 3 heterocycles. The van der Waals surface area contributed by atoms with Crippen LogP contribution in [-0.4, -0.2) is 52.8 Å². The Kier molecular flexibility index (Phi) is 7.95. The lowest BCUT2D eigenvalue weighted by atomic mass is 9.93. The van der Waals surface area contributed by atoms with Gasteiger partial charge in [-0.25, -0.2) is 14.2 Å². The quantitative estimate of drug-likeness (QED) is 0.396. The number of carboxylic acids is 1. The van der Waals surface area contributed by atoms with Crippen LogP contribution in [0, 0.1) is 12.7 Å². The third-order valence-corrected chi connectivity index (χ3v) is 6.83. The number of aromatic nitrogens is 2. The fourth-order valence-corrected chi connectivity index (χ4v) is 4.61. The highest BCUT2D eigenvalue weighted by molar-refractivity contribution is 5.94. The number of carbonyl (C=O) groups is 2. The number of nitrogens with one attached hydrogen (secondary N) is 2. The second kappa shape index (κ2) is 11.1. The van der Waals surface area contributed by atoms with Crippen LogP contribution in [0.2, 0.25) is 0 Å². The number of amides is 1. The topological polar surface area (TPSA) is 113 Å². The van der Waals surface area contributed by atoms with Crippen molar-refractivity contribution < 1.29 is 23.8 Å². The van der Waals surface area contributed by atoms with E-state index in [4.69, 9.17) is 9.72 Å². The van der Waals surface area contributed by atoms with Gasteiger partial charge in [-0.1, -0.05) is 6.07 Å². The molecule has 2 aliphatic rings. The fraction of sp³-hybridized carbons (Fsp3) is 0.538. The molecule has 2 aromatic rings. The molecule has 8 nitrogen and oxygen atoms in total. The Bertz CT molecular complexity index is 1070. The van der Waals surface area contributed by atoms with Crippen molar-refractivity contribution in [3.05, 3.63) is 52.7 Å². The van der Waals surface area contributed by atoms with Crippen molar-refractivity contribution in [3.8, 4) is 0 Å². The summed E-state index contributed by atoms with van der Waals surface area (Å²) >= 11 is 0. The van der Waals surface area contributed by atoms with Crippen molar-refractivity contribution in [2.75, 3.05) is 25.1 Å². The minimum Gasteiger partial charge on any atom is -0.480 e. The molecule has 1 fully saturated rings. The number of unbranched alkanes of at least 4 members (excludes halogenated alkanes) is 1. The Hall–Kier alpha value is -3.07. The standard InChI is InChI=1S/C26H33FN4O4/c1-17-21(15-19(27)16-29-17)26(10-11-26)25(34)31-22(24(32)33)9-14-35-13-3-2-6-20-8-7-18-5-4-12-28-23(18)30-20/h7-8,15-16,22H,2-6,9-14H2,1H3,(H,28,30)(H,31,34)(H,32,33)/t22-/m0/s1. The van der Waals surface area contributed by atoms with Gasteiger partial charge in [0.05, 0.1) is 11.6 Å². The van der Waals surface area contributed by atoms with Gasteiger partial charge >= 0.3 is 5.97 Å². The molecule has 9 heteroatoms. The van der Waals surface area contributed by atoms with Gasteiger partial charge in [-0.3, -0.25) is 9.78 Å².